The largest absolute Gasteiger partial charge is 0.505 e. The van der Waals surface area contributed by atoms with Crippen LogP contribution in [-0.4, -0.2) is 15.9 Å². The van der Waals surface area contributed by atoms with Crippen LogP contribution >= 0.6 is 0 Å². The minimum absolute atomic E-state index is 0.0359. The highest BCUT2D eigenvalue weighted by atomic mass is 16.6. The number of aromatic hydroxyl groups is 1. The van der Waals surface area contributed by atoms with Gasteiger partial charge in [0.1, 0.15) is 5.69 Å². The van der Waals surface area contributed by atoms with Gasteiger partial charge in [0.15, 0.2) is 5.75 Å². The summed E-state index contributed by atoms with van der Waals surface area (Å²) in [4.78, 5) is 23.6. The van der Waals surface area contributed by atoms with Crippen LogP contribution in [0.3, 0.4) is 0 Å². The van der Waals surface area contributed by atoms with Crippen LogP contribution in [0, 0.1) is 24.0 Å². The summed E-state index contributed by atoms with van der Waals surface area (Å²) in [5, 5.41) is 37.8. The summed E-state index contributed by atoms with van der Waals surface area (Å²) in [5.74, 6) is -0.833. The average molecular weight is 532 g/mol. The molecule has 0 saturated carbocycles. The Bertz CT molecular complexity index is 1740. The van der Waals surface area contributed by atoms with Crippen molar-refractivity contribution in [2.45, 2.75) is 13.8 Å². The second-order valence-corrected chi connectivity index (χ2v) is 9.35. The molecule has 0 unspecified atom stereocenters. The first-order chi connectivity index (χ1) is 19.3. The highest BCUT2D eigenvalue weighted by Gasteiger charge is 2.19. The van der Waals surface area contributed by atoms with Crippen LogP contribution in [0.5, 0.6) is 5.75 Å². The molecule has 0 aliphatic rings. The number of azo groups is 1. The maximum Gasteiger partial charge on any atom is 0.269 e. The predicted octanol–water partition coefficient (Wildman–Crippen LogP) is 8.48. The molecule has 5 rings (SSSR count). The molecule has 0 saturated heterocycles. The number of aryl methyl sites for hydroxylation is 2. The number of nitrogens with one attached hydrogen (secondary N) is 2. The lowest BCUT2D eigenvalue weighted by molar-refractivity contribution is -0.384. The average Bonchev–Trinajstić information content (AvgIpc) is 2.93. The molecule has 0 aliphatic heterocycles. The number of benzene rings is 5. The van der Waals surface area contributed by atoms with E-state index in [9.17, 15) is 20.0 Å². The Kier molecular flexibility index (Phi) is 7.19. The minimum Gasteiger partial charge on any atom is -0.505 e. The number of amides is 1. The van der Waals surface area contributed by atoms with Crippen molar-refractivity contribution in [1.29, 1.82) is 0 Å². The summed E-state index contributed by atoms with van der Waals surface area (Å²) in [7, 11) is 0. The van der Waals surface area contributed by atoms with Gasteiger partial charge in [-0.2, -0.15) is 5.11 Å². The summed E-state index contributed by atoms with van der Waals surface area (Å²) in [5.41, 5.74) is 5.16. The van der Waals surface area contributed by atoms with Crippen LogP contribution in [0.1, 0.15) is 21.5 Å². The summed E-state index contributed by atoms with van der Waals surface area (Å²) in [6.45, 7) is 4.09. The van der Waals surface area contributed by atoms with E-state index in [1.807, 2.05) is 38.1 Å². The third kappa shape index (κ3) is 5.78. The van der Waals surface area contributed by atoms with Crippen molar-refractivity contribution in [3.8, 4) is 5.75 Å². The van der Waals surface area contributed by atoms with Crippen molar-refractivity contribution in [1.82, 2.24) is 0 Å². The Hall–Kier alpha value is -5.57. The Morgan fingerprint density at radius 1 is 0.800 bits per heavy atom. The number of nitro benzene ring substituents is 1. The number of hydrogen-bond donors (Lipinski definition) is 3. The first-order valence-corrected chi connectivity index (χ1v) is 12.4. The van der Waals surface area contributed by atoms with Gasteiger partial charge in [-0.15, -0.1) is 5.11 Å². The zero-order valence-corrected chi connectivity index (χ0v) is 21.8. The number of non-ortho nitro benzene ring substituents is 1. The van der Waals surface area contributed by atoms with Crippen molar-refractivity contribution in [2.24, 2.45) is 10.2 Å². The summed E-state index contributed by atoms with van der Waals surface area (Å²) in [6, 6.07) is 27.8. The van der Waals surface area contributed by atoms with Crippen LogP contribution in [0.25, 0.3) is 10.8 Å². The van der Waals surface area contributed by atoms with E-state index in [0.29, 0.717) is 22.1 Å². The quantitative estimate of drug-likeness (QED) is 0.110. The van der Waals surface area contributed by atoms with E-state index in [1.54, 1.807) is 30.3 Å². The van der Waals surface area contributed by atoms with Gasteiger partial charge in [0.2, 0.25) is 0 Å². The van der Waals surface area contributed by atoms with E-state index < -0.39 is 10.8 Å². The van der Waals surface area contributed by atoms with Gasteiger partial charge in [0, 0.05) is 34.6 Å². The van der Waals surface area contributed by atoms with Crippen LogP contribution in [0.2, 0.25) is 0 Å². The van der Waals surface area contributed by atoms with Crippen LogP contribution in [0.4, 0.5) is 34.1 Å². The fourth-order valence-corrected chi connectivity index (χ4v) is 4.39. The van der Waals surface area contributed by atoms with Crippen molar-refractivity contribution in [3.05, 3.63) is 124 Å². The highest BCUT2D eigenvalue weighted by molar-refractivity contribution is 6.11. The number of carbonyl (C=O) groups is 1. The zero-order chi connectivity index (χ0) is 28.2. The molecule has 0 radical (unpaired) electrons. The molecule has 5 aromatic carbocycles. The number of phenols is 1. The molecule has 5 aromatic rings. The molecular weight excluding hydrogens is 506 g/mol. The molecule has 0 bridgehead atoms. The molecule has 3 N–H and O–H groups in total. The van der Waals surface area contributed by atoms with E-state index >= 15 is 0 Å². The molecule has 198 valence electrons. The number of nitrogens with zero attached hydrogens (tertiary/aromatic N) is 3. The highest BCUT2D eigenvalue weighted by Crippen LogP contribution is 2.39. The number of hydrogen-bond acceptors (Lipinski definition) is 7. The van der Waals surface area contributed by atoms with Crippen molar-refractivity contribution in [2.75, 3.05) is 10.6 Å². The van der Waals surface area contributed by atoms with Gasteiger partial charge in [-0.1, -0.05) is 30.3 Å². The molecule has 0 atom stereocenters. The van der Waals surface area contributed by atoms with E-state index in [0.717, 1.165) is 22.5 Å². The second kappa shape index (κ2) is 11.0. The lowest BCUT2D eigenvalue weighted by Gasteiger charge is -2.12. The van der Waals surface area contributed by atoms with Gasteiger partial charge in [-0.05, 0) is 85.0 Å². The molecule has 0 aliphatic carbocycles. The fraction of sp³-hybridized carbons (Fsp3) is 0.0645. The van der Waals surface area contributed by atoms with E-state index in [2.05, 4.69) is 39.1 Å². The van der Waals surface area contributed by atoms with Crippen molar-refractivity contribution < 1.29 is 14.8 Å². The summed E-state index contributed by atoms with van der Waals surface area (Å²) >= 11 is 0. The lowest BCUT2D eigenvalue weighted by Crippen LogP contribution is -2.12. The second-order valence-electron chi connectivity index (χ2n) is 9.35. The maximum absolute atomic E-state index is 13.2. The zero-order valence-electron chi connectivity index (χ0n) is 21.8. The van der Waals surface area contributed by atoms with Gasteiger partial charge in [0.05, 0.1) is 16.2 Å². The molecule has 40 heavy (non-hydrogen) atoms. The Morgan fingerprint density at radius 3 is 2.12 bits per heavy atom. The Labute approximate surface area is 230 Å². The number of carbonyl (C=O) groups excluding carboxylic acids is 1. The predicted molar refractivity (Wildman–Crippen MR) is 156 cm³/mol. The summed E-state index contributed by atoms with van der Waals surface area (Å²) in [6.07, 6.45) is 0. The first-order valence-electron chi connectivity index (χ1n) is 12.4. The number of nitro groups is 1. The molecule has 0 fully saturated rings. The minimum atomic E-state index is -0.509. The molecule has 0 aromatic heterocycles. The molecule has 9 nitrogen and oxygen atoms in total. The number of phenolic OH excluding ortho intramolecular Hbond substituents is 1. The molecule has 0 heterocycles. The van der Waals surface area contributed by atoms with Gasteiger partial charge in [-0.25, -0.2) is 0 Å². The fourth-order valence-electron chi connectivity index (χ4n) is 4.39. The number of rotatable bonds is 7. The number of fused-ring (bicyclic) bond motifs is 1. The van der Waals surface area contributed by atoms with Crippen molar-refractivity contribution in [3.63, 3.8) is 0 Å². The molecule has 1 amide bonds. The Balaban J connectivity index is 1.39. The molecule has 0 spiro atoms. The number of anilines is 3. The Morgan fingerprint density at radius 2 is 1.45 bits per heavy atom. The maximum atomic E-state index is 13.2. The first kappa shape index (κ1) is 26.1. The third-order valence-electron chi connectivity index (χ3n) is 6.22. The summed E-state index contributed by atoms with van der Waals surface area (Å²) < 4.78 is 0. The van der Waals surface area contributed by atoms with Gasteiger partial charge < -0.3 is 15.7 Å². The SMILES string of the molecule is Cc1cc(C)cc(Nc2ccc(NC(=O)c3cc4ccccc4c(N=Nc4ccc([N+](=O)[O-])cc4)c3O)cc2)c1. The van der Waals surface area contributed by atoms with Crippen LogP contribution in [0.15, 0.2) is 107 Å². The van der Waals surface area contributed by atoms with E-state index in [1.165, 1.54) is 24.3 Å². The van der Waals surface area contributed by atoms with Crippen LogP contribution in [-0.2, 0) is 0 Å². The van der Waals surface area contributed by atoms with E-state index in [-0.39, 0.29) is 22.7 Å². The topological polar surface area (TPSA) is 129 Å². The normalized spacial score (nSPS) is 11.1. The standard InChI is InChI=1S/C31H25N5O4/c1-19-15-20(2)17-25(16-19)32-22-7-9-23(10-8-22)33-31(38)28-18-21-5-3-4-6-27(21)29(30(28)37)35-34-24-11-13-26(14-12-24)36(39)40/h3-18,32,37H,1-2H3,(H,33,38). The van der Waals surface area contributed by atoms with Gasteiger partial charge >= 0.3 is 0 Å². The van der Waals surface area contributed by atoms with Gasteiger partial charge in [0.25, 0.3) is 11.6 Å². The third-order valence-corrected chi connectivity index (χ3v) is 6.22. The van der Waals surface area contributed by atoms with Crippen molar-refractivity contribution >= 4 is 50.8 Å². The smallest absolute Gasteiger partial charge is 0.269 e. The molecular formula is C31H25N5O4. The lowest BCUT2D eigenvalue weighted by atomic mass is 10.0. The monoisotopic (exact) mass is 531 g/mol. The molecule has 9 heteroatoms. The van der Waals surface area contributed by atoms with Gasteiger partial charge in [-0.3, -0.25) is 14.9 Å². The van der Waals surface area contributed by atoms with E-state index in [4.69, 9.17) is 0 Å². The van der Waals surface area contributed by atoms with Crippen LogP contribution < -0.4 is 10.6 Å².